The fourth-order valence-electron chi connectivity index (χ4n) is 4.58. The third-order valence-electron chi connectivity index (χ3n) is 6.56. The van der Waals surface area contributed by atoms with Gasteiger partial charge in [0.2, 0.25) is 5.95 Å². The average molecular weight is 400 g/mol. The van der Waals surface area contributed by atoms with Crippen LogP contribution in [-0.2, 0) is 13.0 Å². The largest absolute Gasteiger partial charge is 0.368 e. The Bertz CT molecular complexity index is 1040. The van der Waals surface area contributed by atoms with Crippen molar-refractivity contribution in [2.75, 3.05) is 47.4 Å². The molecule has 0 aliphatic carbocycles. The highest BCUT2D eigenvalue weighted by Crippen LogP contribution is 2.26. The average Bonchev–Trinajstić information content (AvgIpc) is 2.81. The second kappa shape index (κ2) is 7.98. The molecule has 5 rings (SSSR count). The van der Waals surface area contributed by atoms with E-state index >= 15 is 0 Å². The van der Waals surface area contributed by atoms with Crippen molar-refractivity contribution in [1.82, 2.24) is 9.97 Å². The van der Waals surface area contributed by atoms with E-state index < -0.39 is 0 Å². The summed E-state index contributed by atoms with van der Waals surface area (Å²) in [7, 11) is 0. The van der Waals surface area contributed by atoms with Crippen LogP contribution in [0.25, 0.3) is 0 Å². The zero-order valence-corrected chi connectivity index (χ0v) is 17.9. The van der Waals surface area contributed by atoms with Gasteiger partial charge >= 0.3 is 0 Å². The summed E-state index contributed by atoms with van der Waals surface area (Å²) in [5.74, 6) is 1.89. The highest BCUT2D eigenvalue weighted by Gasteiger charge is 2.22. The summed E-state index contributed by atoms with van der Waals surface area (Å²) in [5, 5.41) is 0. The summed E-state index contributed by atoms with van der Waals surface area (Å²) >= 11 is 0. The lowest BCUT2D eigenvalue weighted by Gasteiger charge is -2.37. The minimum absolute atomic E-state index is 0.854. The molecule has 0 amide bonds. The molecule has 0 bridgehead atoms. The fourth-order valence-corrected chi connectivity index (χ4v) is 4.58. The molecule has 0 atom stereocenters. The summed E-state index contributed by atoms with van der Waals surface area (Å²) in [5.41, 5.74) is 6.97. The molecule has 2 aliphatic rings. The molecule has 0 N–H and O–H groups in total. The highest BCUT2D eigenvalue weighted by molar-refractivity contribution is 5.57. The van der Waals surface area contributed by atoms with E-state index in [0.29, 0.717) is 0 Å². The van der Waals surface area contributed by atoms with E-state index in [4.69, 9.17) is 4.98 Å². The predicted octanol–water partition coefficient (Wildman–Crippen LogP) is 3.98. The van der Waals surface area contributed by atoms with Crippen molar-refractivity contribution in [3.05, 3.63) is 77.0 Å². The smallest absolute Gasteiger partial charge is 0.227 e. The van der Waals surface area contributed by atoms with Crippen molar-refractivity contribution >= 4 is 17.5 Å². The van der Waals surface area contributed by atoms with E-state index in [1.807, 2.05) is 12.3 Å². The maximum atomic E-state index is 4.94. The minimum Gasteiger partial charge on any atom is -0.368 e. The number of aryl methyl sites for hydroxylation is 1. The number of nitrogens with zero attached hydrogens (tertiary/aromatic N) is 5. The van der Waals surface area contributed by atoms with Gasteiger partial charge in [-0.3, -0.25) is 0 Å². The Kier molecular flexibility index (Phi) is 5.03. The van der Waals surface area contributed by atoms with Crippen LogP contribution in [0.5, 0.6) is 0 Å². The van der Waals surface area contributed by atoms with Crippen molar-refractivity contribution in [2.24, 2.45) is 0 Å². The molecule has 1 fully saturated rings. The summed E-state index contributed by atoms with van der Waals surface area (Å²) < 4.78 is 0. The molecule has 0 spiro atoms. The predicted molar refractivity (Wildman–Crippen MR) is 124 cm³/mol. The van der Waals surface area contributed by atoms with E-state index in [2.05, 4.69) is 76.0 Å². The van der Waals surface area contributed by atoms with Crippen LogP contribution in [0.3, 0.4) is 0 Å². The summed E-state index contributed by atoms with van der Waals surface area (Å²) in [6.07, 6.45) is 2.99. The fraction of sp³-hybridized carbons (Fsp3) is 0.360. The standard InChI is InChI=1S/C25H29N5/c1-19-6-5-9-23(20(19)2)28-14-16-29(17-15-28)25-26-12-10-24(27-25)30-13-11-21-7-3-4-8-22(21)18-30/h3-10,12H,11,13-18H2,1-2H3. The van der Waals surface area contributed by atoms with Gasteiger partial charge in [-0.15, -0.1) is 0 Å². The number of benzene rings is 2. The van der Waals surface area contributed by atoms with Gasteiger partial charge < -0.3 is 14.7 Å². The van der Waals surface area contributed by atoms with Crippen molar-refractivity contribution < 1.29 is 0 Å². The van der Waals surface area contributed by atoms with Crippen LogP contribution in [0.15, 0.2) is 54.7 Å². The van der Waals surface area contributed by atoms with E-state index in [9.17, 15) is 0 Å². The SMILES string of the molecule is Cc1cccc(N2CCN(c3nccc(N4CCc5ccccc5C4)n3)CC2)c1C. The van der Waals surface area contributed by atoms with Crippen LogP contribution in [0.1, 0.15) is 22.3 Å². The summed E-state index contributed by atoms with van der Waals surface area (Å²) in [6.45, 7) is 10.2. The lowest BCUT2D eigenvalue weighted by Crippen LogP contribution is -2.47. The van der Waals surface area contributed by atoms with Crippen molar-refractivity contribution in [1.29, 1.82) is 0 Å². The Labute approximate surface area is 179 Å². The third kappa shape index (κ3) is 3.60. The monoisotopic (exact) mass is 399 g/mol. The molecule has 0 unspecified atom stereocenters. The van der Waals surface area contributed by atoms with Gasteiger partial charge in [0, 0.05) is 51.2 Å². The van der Waals surface area contributed by atoms with E-state index in [0.717, 1.165) is 57.5 Å². The number of hydrogen-bond donors (Lipinski definition) is 0. The van der Waals surface area contributed by atoms with E-state index in [-0.39, 0.29) is 0 Å². The van der Waals surface area contributed by atoms with Crippen molar-refractivity contribution in [3.63, 3.8) is 0 Å². The number of fused-ring (bicyclic) bond motifs is 1. The Balaban J connectivity index is 1.28. The molecule has 1 saturated heterocycles. The second-order valence-corrected chi connectivity index (χ2v) is 8.35. The van der Waals surface area contributed by atoms with Gasteiger partial charge in [-0.05, 0) is 54.7 Å². The topological polar surface area (TPSA) is 35.5 Å². The highest BCUT2D eigenvalue weighted by atomic mass is 15.3. The number of anilines is 3. The van der Waals surface area contributed by atoms with Crippen molar-refractivity contribution in [3.8, 4) is 0 Å². The quantitative estimate of drug-likeness (QED) is 0.666. The molecule has 2 aliphatic heterocycles. The van der Waals surface area contributed by atoms with Crippen LogP contribution in [-0.4, -0.2) is 42.7 Å². The first-order chi connectivity index (χ1) is 14.7. The van der Waals surface area contributed by atoms with Gasteiger partial charge in [-0.2, -0.15) is 4.98 Å². The second-order valence-electron chi connectivity index (χ2n) is 8.35. The van der Waals surface area contributed by atoms with E-state index in [1.54, 1.807) is 0 Å². The zero-order valence-electron chi connectivity index (χ0n) is 17.9. The minimum atomic E-state index is 0.854. The number of hydrogen-bond acceptors (Lipinski definition) is 5. The Hall–Kier alpha value is -3.08. The maximum absolute atomic E-state index is 4.94. The molecule has 3 heterocycles. The first kappa shape index (κ1) is 18.9. The molecular formula is C25H29N5. The number of rotatable bonds is 3. The number of aromatic nitrogens is 2. The molecule has 2 aromatic carbocycles. The molecule has 1 aromatic heterocycles. The molecule has 5 nitrogen and oxygen atoms in total. The van der Waals surface area contributed by atoms with Gasteiger partial charge in [0.1, 0.15) is 5.82 Å². The maximum Gasteiger partial charge on any atom is 0.227 e. The summed E-state index contributed by atoms with van der Waals surface area (Å²) in [6, 6.07) is 17.4. The Morgan fingerprint density at radius 3 is 2.33 bits per heavy atom. The van der Waals surface area contributed by atoms with Crippen LogP contribution in [0.2, 0.25) is 0 Å². The zero-order chi connectivity index (χ0) is 20.5. The summed E-state index contributed by atoms with van der Waals surface area (Å²) in [4.78, 5) is 16.7. The molecule has 154 valence electrons. The molecule has 30 heavy (non-hydrogen) atoms. The lowest BCUT2D eigenvalue weighted by molar-refractivity contribution is 0.636. The molecule has 3 aromatic rings. The lowest BCUT2D eigenvalue weighted by atomic mass is 10.00. The Morgan fingerprint density at radius 2 is 1.50 bits per heavy atom. The normalized spacial score (nSPS) is 16.5. The van der Waals surface area contributed by atoms with Gasteiger partial charge in [0.15, 0.2) is 0 Å². The number of piperazine rings is 1. The molecular weight excluding hydrogens is 370 g/mol. The van der Waals surface area contributed by atoms with Crippen LogP contribution in [0.4, 0.5) is 17.5 Å². The molecule has 5 heteroatoms. The van der Waals surface area contributed by atoms with Gasteiger partial charge in [-0.25, -0.2) is 4.98 Å². The van der Waals surface area contributed by atoms with Crippen LogP contribution < -0.4 is 14.7 Å². The first-order valence-electron chi connectivity index (χ1n) is 10.9. The van der Waals surface area contributed by atoms with Crippen molar-refractivity contribution in [2.45, 2.75) is 26.8 Å². The van der Waals surface area contributed by atoms with Gasteiger partial charge in [-0.1, -0.05) is 36.4 Å². The first-order valence-corrected chi connectivity index (χ1v) is 10.9. The van der Waals surface area contributed by atoms with Gasteiger partial charge in [0.05, 0.1) is 0 Å². The van der Waals surface area contributed by atoms with Crippen LogP contribution >= 0.6 is 0 Å². The molecule has 0 saturated carbocycles. The van der Waals surface area contributed by atoms with Crippen LogP contribution in [0, 0.1) is 13.8 Å². The van der Waals surface area contributed by atoms with Gasteiger partial charge in [0.25, 0.3) is 0 Å². The van der Waals surface area contributed by atoms with E-state index in [1.165, 1.54) is 27.9 Å². The third-order valence-corrected chi connectivity index (χ3v) is 6.56. The Morgan fingerprint density at radius 1 is 0.733 bits per heavy atom. The molecule has 0 radical (unpaired) electrons.